The fourth-order valence-electron chi connectivity index (χ4n) is 2.39. The highest BCUT2D eigenvalue weighted by molar-refractivity contribution is 5.93. The van der Waals surface area contributed by atoms with Crippen LogP contribution in [0.5, 0.6) is 11.5 Å². The Kier molecular flexibility index (Phi) is 8.47. The van der Waals surface area contributed by atoms with Gasteiger partial charge in [-0.25, -0.2) is 14.4 Å². The van der Waals surface area contributed by atoms with Crippen LogP contribution in [0.15, 0.2) is 66.8 Å². The van der Waals surface area contributed by atoms with Gasteiger partial charge in [-0.05, 0) is 55.3 Å². The van der Waals surface area contributed by atoms with Gasteiger partial charge in [-0.2, -0.15) is 0 Å². The van der Waals surface area contributed by atoms with Crippen LogP contribution in [0, 0.1) is 0 Å². The Hall–Kier alpha value is -4.20. The summed E-state index contributed by atoms with van der Waals surface area (Å²) in [6.45, 7) is 10.0. The third-order valence-electron chi connectivity index (χ3n) is 3.97. The van der Waals surface area contributed by atoms with Crippen molar-refractivity contribution in [1.82, 2.24) is 0 Å². The van der Waals surface area contributed by atoms with Gasteiger partial charge in [0, 0.05) is 11.1 Å². The predicted molar refractivity (Wildman–Crippen MR) is 115 cm³/mol. The summed E-state index contributed by atoms with van der Waals surface area (Å²) >= 11 is 0. The molecule has 2 aromatic carbocycles. The molecule has 0 N–H and O–H groups in total. The van der Waals surface area contributed by atoms with Gasteiger partial charge >= 0.3 is 17.9 Å². The zero-order chi connectivity index (χ0) is 23.7. The largest absolute Gasteiger partial charge is 0.459 e. The van der Waals surface area contributed by atoms with E-state index in [0.29, 0.717) is 23.3 Å². The summed E-state index contributed by atoms with van der Waals surface area (Å²) < 4.78 is 20.1. The fraction of sp³-hybridized carbons (Fsp3) is 0.167. The van der Waals surface area contributed by atoms with Gasteiger partial charge in [0.05, 0.1) is 5.56 Å². The molecule has 0 aliphatic rings. The van der Waals surface area contributed by atoms with Crippen molar-refractivity contribution in [3.63, 3.8) is 0 Å². The van der Waals surface area contributed by atoms with Crippen molar-refractivity contribution < 1.29 is 38.1 Å². The van der Waals surface area contributed by atoms with Crippen LogP contribution in [0.2, 0.25) is 0 Å². The topological polar surface area (TPSA) is 105 Å². The molecular weight excluding hydrogens is 416 g/mol. The molecule has 0 spiro atoms. The van der Waals surface area contributed by atoms with Crippen molar-refractivity contribution in [3.8, 4) is 22.6 Å². The molecule has 0 saturated heterocycles. The normalized spacial score (nSPS) is 9.94. The molecule has 8 nitrogen and oxygen atoms in total. The fourth-order valence-corrected chi connectivity index (χ4v) is 2.39. The first kappa shape index (κ1) is 24.1. The van der Waals surface area contributed by atoms with Gasteiger partial charge in [0.2, 0.25) is 0 Å². The molecular formula is C24H22O8. The number of carbonyl (C=O) groups excluding carboxylic acids is 4. The van der Waals surface area contributed by atoms with E-state index in [1.165, 1.54) is 19.9 Å². The maximum Gasteiger partial charge on any atom is 0.338 e. The van der Waals surface area contributed by atoms with Gasteiger partial charge in [-0.3, -0.25) is 4.79 Å². The Morgan fingerprint density at radius 1 is 0.812 bits per heavy atom. The van der Waals surface area contributed by atoms with Crippen molar-refractivity contribution >= 4 is 24.4 Å². The van der Waals surface area contributed by atoms with Crippen LogP contribution in [-0.2, 0) is 23.9 Å². The highest BCUT2D eigenvalue weighted by Crippen LogP contribution is 2.28. The maximum absolute atomic E-state index is 12.5. The zero-order valence-corrected chi connectivity index (χ0v) is 17.7. The second kappa shape index (κ2) is 11.3. The number of carbonyl (C=O) groups is 4. The molecule has 0 saturated carbocycles. The first-order valence-corrected chi connectivity index (χ1v) is 9.44. The quantitative estimate of drug-likeness (QED) is 0.182. The molecule has 8 heteroatoms. The van der Waals surface area contributed by atoms with Crippen LogP contribution in [0.3, 0.4) is 0 Å². The Labute approximate surface area is 185 Å². The lowest BCUT2D eigenvalue weighted by Gasteiger charge is -2.11. The van der Waals surface area contributed by atoms with E-state index >= 15 is 0 Å². The number of esters is 3. The standard InChI is InChI=1S/C24H22O8/c1-15(2)22(26)29-9-10-30-24(28)19-11-18(12-21(13-19)32-23(27)16(3)4)17-5-7-20(8-6-17)31-14-25/h5-8,11-14H,1,3,9-10H2,2,4H3. The molecule has 2 rings (SSSR count). The van der Waals surface area contributed by atoms with Crippen molar-refractivity contribution in [3.05, 3.63) is 72.3 Å². The molecule has 2 aromatic rings. The number of ether oxygens (including phenoxy) is 4. The van der Waals surface area contributed by atoms with Crippen molar-refractivity contribution in [2.45, 2.75) is 13.8 Å². The van der Waals surface area contributed by atoms with Gasteiger partial charge < -0.3 is 18.9 Å². The van der Waals surface area contributed by atoms with Gasteiger partial charge in [0.25, 0.3) is 6.47 Å². The van der Waals surface area contributed by atoms with E-state index < -0.39 is 17.9 Å². The van der Waals surface area contributed by atoms with E-state index in [9.17, 15) is 19.2 Å². The Morgan fingerprint density at radius 2 is 1.44 bits per heavy atom. The number of rotatable bonds is 10. The molecule has 0 bridgehead atoms. The molecule has 0 aromatic heterocycles. The average molecular weight is 438 g/mol. The van der Waals surface area contributed by atoms with E-state index in [2.05, 4.69) is 13.2 Å². The second-order valence-electron chi connectivity index (χ2n) is 6.71. The van der Waals surface area contributed by atoms with Crippen LogP contribution < -0.4 is 9.47 Å². The molecule has 0 atom stereocenters. The van der Waals surface area contributed by atoms with E-state index in [4.69, 9.17) is 18.9 Å². The average Bonchev–Trinajstić information content (AvgIpc) is 2.76. The Morgan fingerprint density at radius 3 is 2.03 bits per heavy atom. The monoisotopic (exact) mass is 438 g/mol. The summed E-state index contributed by atoms with van der Waals surface area (Å²) in [6, 6.07) is 11.0. The van der Waals surface area contributed by atoms with E-state index in [-0.39, 0.29) is 35.7 Å². The molecule has 0 amide bonds. The summed E-state index contributed by atoms with van der Waals surface area (Å²) in [6.07, 6.45) is 0. The van der Waals surface area contributed by atoms with E-state index in [1.54, 1.807) is 36.4 Å². The molecule has 0 aliphatic carbocycles. The third-order valence-corrected chi connectivity index (χ3v) is 3.97. The maximum atomic E-state index is 12.5. The minimum atomic E-state index is -0.702. The van der Waals surface area contributed by atoms with Gasteiger partial charge in [-0.15, -0.1) is 0 Å². The molecule has 0 fully saturated rings. The van der Waals surface area contributed by atoms with Gasteiger partial charge in [0.1, 0.15) is 24.7 Å². The van der Waals surface area contributed by atoms with Crippen molar-refractivity contribution in [2.75, 3.05) is 13.2 Å². The van der Waals surface area contributed by atoms with E-state index in [1.807, 2.05) is 0 Å². The Bertz CT molecular complexity index is 1050. The first-order valence-electron chi connectivity index (χ1n) is 9.44. The minimum Gasteiger partial charge on any atom is -0.459 e. The SMILES string of the molecule is C=C(C)C(=O)OCCOC(=O)c1cc(OC(=O)C(=C)C)cc(-c2ccc(OC=O)cc2)c1. The van der Waals surface area contributed by atoms with Crippen LogP contribution >= 0.6 is 0 Å². The first-order chi connectivity index (χ1) is 15.2. The number of hydrogen-bond donors (Lipinski definition) is 0. The van der Waals surface area contributed by atoms with Crippen LogP contribution in [0.25, 0.3) is 11.1 Å². The molecule has 32 heavy (non-hydrogen) atoms. The summed E-state index contributed by atoms with van der Waals surface area (Å²) in [5.41, 5.74) is 1.76. The summed E-state index contributed by atoms with van der Waals surface area (Å²) in [4.78, 5) is 46.3. The lowest BCUT2D eigenvalue weighted by atomic mass is 10.0. The molecule has 0 unspecified atom stereocenters. The lowest BCUT2D eigenvalue weighted by Crippen LogP contribution is -2.15. The summed E-state index contributed by atoms with van der Waals surface area (Å²) in [7, 11) is 0. The minimum absolute atomic E-state index is 0.115. The van der Waals surface area contributed by atoms with E-state index in [0.717, 1.165) is 0 Å². The van der Waals surface area contributed by atoms with Gasteiger partial charge in [0.15, 0.2) is 0 Å². The Balaban J connectivity index is 2.25. The molecule has 0 heterocycles. The molecule has 0 radical (unpaired) electrons. The van der Waals surface area contributed by atoms with Crippen LogP contribution in [0.1, 0.15) is 24.2 Å². The van der Waals surface area contributed by atoms with Crippen LogP contribution in [0.4, 0.5) is 0 Å². The van der Waals surface area contributed by atoms with Crippen molar-refractivity contribution in [2.24, 2.45) is 0 Å². The van der Waals surface area contributed by atoms with Crippen LogP contribution in [-0.4, -0.2) is 37.6 Å². The highest BCUT2D eigenvalue weighted by Gasteiger charge is 2.15. The second-order valence-corrected chi connectivity index (χ2v) is 6.71. The number of benzene rings is 2. The molecule has 166 valence electrons. The molecule has 0 aliphatic heterocycles. The summed E-state index contributed by atoms with van der Waals surface area (Å²) in [5, 5.41) is 0. The lowest BCUT2D eigenvalue weighted by molar-refractivity contribution is -0.140. The highest BCUT2D eigenvalue weighted by atomic mass is 16.6. The third kappa shape index (κ3) is 6.94. The number of hydrogen-bond acceptors (Lipinski definition) is 8. The zero-order valence-electron chi connectivity index (χ0n) is 17.7. The predicted octanol–water partition coefficient (Wildman–Crippen LogP) is 3.65. The van der Waals surface area contributed by atoms with Gasteiger partial charge in [-0.1, -0.05) is 25.3 Å². The van der Waals surface area contributed by atoms with Crippen molar-refractivity contribution in [1.29, 1.82) is 0 Å². The smallest absolute Gasteiger partial charge is 0.338 e. The summed E-state index contributed by atoms with van der Waals surface area (Å²) in [5.74, 6) is -1.48.